The van der Waals surface area contributed by atoms with Crippen LogP contribution in [-0.4, -0.2) is 19.7 Å². The van der Waals surface area contributed by atoms with E-state index in [1.54, 1.807) is 6.20 Å². The first-order valence-electron chi connectivity index (χ1n) is 5.31. The van der Waals surface area contributed by atoms with Crippen LogP contribution < -0.4 is 5.73 Å². The van der Waals surface area contributed by atoms with Gasteiger partial charge >= 0.3 is 0 Å². The van der Waals surface area contributed by atoms with Crippen molar-refractivity contribution in [2.24, 2.45) is 12.8 Å². The zero-order valence-corrected chi connectivity index (χ0v) is 11.0. The number of nitrogens with zero attached hydrogens (tertiary/aromatic N) is 4. The number of rotatable bonds is 3. The molecule has 0 saturated heterocycles. The van der Waals surface area contributed by atoms with Crippen molar-refractivity contribution < 1.29 is 0 Å². The Bertz CT molecular complexity index is 535. The molecule has 5 nitrogen and oxygen atoms in total. The molecule has 0 unspecified atom stereocenters. The van der Waals surface area contributed by atoms with Gasteiger partial charge in [0.15, 0.2) is 5.16 Å². The third-order valence-electron chi connectivity index (χ3n) is 2.56. The predicted molar refractivity (Wildman–Crippen MR) is 66.7 cm³/mol. The van der Waals surface area contributed by atoms with Gasteiger partial charge in [0.05, 0.1) is 0 Å². The van der Waals surface area contributed by atoms with Crippen molar-refractivity contribution in [3.8, 4) is 0 Å². The van der Waals surface area contributed by atoms with Crippen molar-refractivity contribution in [2.75, 3.05) is 0 Å². The van der Waals surface area contributed by atoms with Gasteiger partial charge in [-0.05, 0) is 36.7 Å². The smallest absolute Gasteiger partial charge is 0.197 e. The molecule has 2 heterocycles. The van der Waals surface area contributed by atoms with Crippen molar-refractivity contribution in [1.29, 1.82) is 0 Å². The molecule has 2 aromatic rings. The molecule has 2 aromatic heterocycles. The van der Waals surface area contributed by atoms with Gasteiger partial charge in [0.2, 0.25) is 0 Å². The minimum absolute atomic E-state index is 0.516. The highest BCUT2D eigenvalue weighted by Gasteiger charge is 2.10. The lowest BCUT2D eigenvalue weighted by Gasteiger charge is -2.05. The normalized spacial score (nSPS) is 10.8. The average Bonchev–Trinajstić information content (AvgIpc) is 2.63. The maximum atomic E-state index is 5.58. The molecule has 0 spiro atoms. The minimum Gasteiger partial charge on any atom is -0.326 e. The molecule has 0 amide bonds. The highest BCUT2D eigenvalue weighted by molar-refractivity contribution is 7.99. The third-order valence-corrected chi connectivity index (χ3v) is 3.72. The van der Waals surface area contributed by atoms with Crippen LogP contribution in [0.4, 0.5) is 0 Å². The molecular formula is C11H15N5S. The second-order valence-electron chi connectivity index (χ2n) is 3.86. The lowest BCUT2D eigenvalue weighted by atomic mass is 10.2. The zero-order chi connectivity index (χ0) is 12.4. The summed E-state index contributed by atoms with van der Waals surface area (Å²) in [5.74, 6) is 0.892. The number of pyridine rings is 1. The van der Waals surface area contributed by atoms with E-state index in [0.717, 1.165) is 27.1 Å². The summed E-state index contributed by atoms with van der Waals surface area (Å²) in [6.45, 7) is 4.47. The van der Waals surface area contributed by atoms with Gasteiger partial charge in [0, 0.05) is 19.8 Å². The highest BCUT2D eigenvalue weighted by Crippen LogP contribution is 2.27. The number of nitrogens with two attached hydrogens (primary N) is 1. The second kappa shape index (κ2) is 4.85. The maximum absolute atomic E-state index is 5.58. The Morgan fingerprint density at radius 1 is 1.35 bits per heavy atom. The predicted octanol–water partition coefficient (Wildman–Crippen LogP) is 1.44. The Kier molecular flexibility index (Phi) is 3.44. The Labute approximate surface area is 104 Å². The molecule has 90 valence electrons. The summed E-state index contributed by atoms with van der Waals surface area (Å²) >= 11 is 1.52. The Hall–Kier alpha value is -1.40. The van der Waals surface area contributed by atoms with Crippen LogP contribution in [0.1, 0.15) is 17.0 Å². The second-order valence-corrected chi connectivity index (χ2v) is 4.82. The van der Waals surface area contributed by atoms with Crippen LogP contribution in [0.15, 0.2) is 22.4 Å². The zero-order valence-electron chi connectivity index (χ0n) is 10.1. The first-order chi connectivity index (χ1) is 8.11. The van der Waals surface area contributed by atoms with Gasteiger partial charge in [-0.25, -0.2) is 4.98 Å². The van der Waals surface area contributed by atoms with Gasteiger partial charge in [0.1, 0.15) is 10.9 Å². The average molecular weight is 249 g/mol. The lowest BCUT2D eigenvalue weighted by molar-refractivity contribution is 0.764. The van der Waals surface area contributed by atoms with Gasteiger partial charge in [-0.1, -0.05) is 6.07 Å². The van der Waals surface area contributed by atoms with Crippen LogP contribution in [0.2, 0.25) is 0 Å². The van der Waals surface area contributed by atoms with Crippen molar-refractivity contribution >= 4 is 11.8 Å². The number of hydrogen-bond donors (Lipinski definition) is 1. The number of aromatic nitrogens is 4. The number of hydrogen-bond acceptors (Lipinski definition) is 5. The summed E-state index contributed by atoms with van der Waals surface area (Å²) in [6.07, 6.45) is 1.80. The van der Waals surface area contributed by atoms with E-state index in [4.69, 9.17) is 5.73 Å². The van der Waals surface area contributed by atoms with Crippen molar-refractivity contribution in [2.45, 2.75) is 30.6 Å². The van der Waals surface area contributed by atoms with E-state index in [9.17, 15) is 0 Å². The molecule has 0 aliphatic heterocycles. The van der Waals surface area contributed by atoms with Crippen molar-refractivity contribution in [3.05, 3.63) is 29.2 Å². The molecule has 0 fully saturated rings. The molecular weight excluding hydrogens is 234 g/mol. The fourth-order valence-electron chi connectivity index (χ4n) is 1.40. The van der Waals surface area contributed by atoms with Crippen LogP contribution in [0.5, 0.6) is 0 Å². The molecule has 0 bridgehead atoms. The monoisotopic (exact) mass is 249 g/mol. The van der Waals surface area contributed by atoms with Gasteiger partial charge in [-0.15, -0.1) is 10.2 Å². The van der Waals surface area contributed by atoms with Gasteiger partial charge in [-0.2, -0.15) is 0 Å². The van der Waals surface area contributed by atoms with Crippen molar-refractivity contribution in [1.82, 2.24) is 19.7 Å². The van der Waals surface area contributed by atoms with Crippen molar-refractivity contribution in [3.63, 3.8) is 0 Å². The van der Waals surface area contributed by atoms with Crippen LogP contribution in [-0.2, 0) is 13.6 Å². The molecule has 6 heteroatoms. The SMILES string of the molecule is Cc1cc(CN)cnc1Sc1nnc(C)n1C. The van der Waals surface area contributed by atoms with E-state index < -0.39 is 0 Å². The molecule has 0 aliphatic carbocycles. The van der Waals surface area contributed by atoms with E-state index in [1.807, 2.05) is 25.5 Å². The standard InChI is InChI=1S/C11H15N5S/c1-7-4-9(5-12)6-13-10(7)17-11-15-14-8(2)16(11)3/h4,6H,5,12H2,1-3H3. The number of aryl methyl sites for hydroxylation is 2. The fourth-order valence-corrected chi connectivity index (χ4v) is 2.25. The van der Waals surface area contributed by atoms with Gasteiger partial charge < -0.3 is 10.3 Å². The van der Waals surface area contributed by atoms with Crippen LogP contribution in [0.3, 0.4) is 0 Å². The third kappa shape index (κ3) is 2.48. The summed E-state index contributed by atoms with van der Waals surface area (Å²) < 4.78 is 1.95. The van der Waals surface area contributed by atoms with E-state index in [2.05, 4.69) is 21.2 Å². The summed E-state index contributed by atoms with van der Waals surface area (Å²) in [4.78, 5) is 4.40. The molecule has 0 aromatic carbocycles. The molecule has 2 rings (SSSR count). The van der Waals surface area contributed by atoms with E-state index in [0.29, 0.717) is 6.54 Å². The van der Waals surface area contributed by atoms with Crippen LogP contribution in [0, 0.1) is 13.8 Å². The van der Waals surface area contributed by atoms with E-state index in [-0.39, 0.29) is 0 Å². The van der Waals surface area contributed by atoms with Crippen LogP contribution >= 0.6 is 11.8 Å². The fraction of sp³-hybridized carbons (Fsp3) is 0.364. The molecule has 2 N–H and O–H groups in total. The molecule has 17 heavy (non-hydrogen) atoms. The largest absolute Gasteiger partial charge is 0.326 e. The van der Waals surface area contributed by atoms with E-state index >= 15 is 0 Å². The topological polar surface area (TPSA) is 69.6 Å². The Balaban J connectivity index is 2.27. The quantitative estimate of drug-likeness (QED) is 0.891. The summed E-state index contributed by atoms with van der Waals surface area (Å²) in [7, 11) is 1.95. The highest BCUT2D eigenvalue weighted by atomic mass is 32.2. The maximum Gasteiger partial charge on any atom is 0.197 e. The Morgan fingerprint density at radius 3 is 2.65 bits per heavy atom. The molecule has 0 saturated carbocycles. The molecule has 0 aliphatic rings. The first-order valence-corrected chi connectivity index (χ1v) is 6.13. The molecule has 0 atom stereocenters. The lowest BCUT2D eigenvalue weighted by Crippen LogP contribution is -1.99. The summed E-state index contributed by atoms with van der Waals surface area (Å²) in [6, 6.07) is 2.05. The molecule has 0 radical (unpaired) electrons. The van der Waals surface area contributed by atoms with Gasteiger partial charge in [-0.3, -0.25) is 0 Å². The summed E-state index contributed by atoms with van der Waals surface area (Å²) in [5.41, 5.74) is 7.73. The minimum atomic E-state index is 0.516. The summed E-state index contributed by atoms with van der Waals surface area (Å²) in [5, 5.41) is 9.91. The first kappa shape index (κ1) is 12.1. The van der Waals surface area contributed by atoms with Crippen LogP contribution in [0.25, 0.3) is 0 Å². The van der Waals surface area contributed by atoms with Gasteiger partial charge in [0.25, 0.3) is 0 Å². The Morgan fingerprint density at radius 2 is 2.12 bits per heavy atom. The van der Waals surface area contributed by atoms with E-state index in [1.165, 1.54) is 11.8 Å².